The number of hydrogen-bond acceptors (Lipinski definition) is 3. The van der Waals surface area contributed by atoms with E-state index in [4.69, 9.17) is 0 Å². The third-order valence-electron chi connectivity index (χ3n) is 3.79. The molecule has 1 atom stereocenters. The molecule has 2 rings (SSSR count). The lowest BCUT2D eigenvalue weighted by Gasteiger charge is -2.25. The van der Waals surface area contributed by atoms with Gasteiger partial charge in [-0.05, 0) is 38.4 Å². The minimum absolute atomic E-state index is 0.00523. The second kappa shape index (κ2) is 7.89. The van der Waals surface area contributed by atoms with Crippen molar-refractivity contribution in [1.29, 1.82) is 0 Å². The van der Waals surface area contributed by atoms with Crippen molar-refractivity contribution in [1.82, 2.24) is 14.8 Å². The van der Waals surface area contributed by atoms with Gasteiger partial charge in [0.1, 0.15) is 0 Å². The highest BCUT2D eigenvalue weighted by Crippen LogP contribution is 2.17. The van der Waals surface area contributed by atoms with Crippen LogP contribution < -0.4 is 10.6 Å². The van der Waals surface area contributed by atoms with Gasteiger partial charge in [-0.15, -0.1) is 0 Å². The fraction of sp³-hybridized carbons (Fsp3) is 0.294. The molecule has 2 aromatic rings. The minimum atomic E-state index is -1.10. The maximum absolute atomic E-state index is 13.1. The van der Waals surface area contributed by atoms with E-state index in [9.17, 15) is 18.4 Å². The maximum Gasteiger partial charge on any atom is 0.313 e. The second-order valence-electron chi connectivity index (χ2n) is 5.82. The predicted octanol–water partition coefficient (Wildman–Crippen LogP) is 1.66. The van der Waals surface area contributed by atoms with Gasteiger partial charge >= 0.3 is 11.8 Å². The molecule has 0 bridgehead atoms. The van der Waals surface area contributed by atoms with Crippen molar-refractivity contribution in [3.05, 3.63) is 53.9 Å². The number of likely N-dealkylation sites (N-methyl/N-ethyl adjacent to an activating group) is 1. The number of aromatic nitrogens is 1. The van der Waals surface area contributed by atoms with Crippen molar-refractivity contribution in [2.45, 2.75) is 6.04 Å². The van der Waals surface area contributed by atoms with E-state index in [1.807, 2.05) is 48.9 Å². The zero-order valence-electron chi connectivity index (χ0n) is 14.2. The first kappa shape index (κ1) is 18.6. The van der Waals surface area contributed by atoms with Gasteiger partial charge in [-0.25, -0.2) is 8.78 Å². The Morgan fingerprint density at radius 3 is 2.44 bits per heavy atom. The molecule has 2 amide bonds. The van der Waals surface area contributed by atoms with Crippen LogP contribution in [0.1, 0.15) is 11.7 Å². The average Bonchev–Trinajstić information content (AvgIpc) is 2.96. The van der Waals surface area contributed by atoms with Crippen LogP contribution in [0.15, 0.2) is 36.5 Å². The molecule has 2 N–H and O–H groups in total. The van der Waals surface area contributed by atoms with Gasteiger partial charge in [-0.1, -0.05) is 0 Å². The zero-order valence-corrected chi connectivity index (χ0v) is 14.2. The van der Waals surface area contributed by atoms with E-state index in [0.29, 0.717) is 0 Å². The van der Waals surface area contributed by atoms with E-state index >= 15 is 0 Å². The Morgan fingerprint density at radius 1 is 1.16 bits per heavy atom. The monoisotopic (exact) mass is 350 g/mol. The smallest absolute Gasteiger partial charge is 0.313 e. The van der Waals surface area contributed by atoms with Crippen LogP contribution in [0.25, 0.3) is 0 Å². The number of aryl methyl sites for hydroxylation is 1. The molecular weight excluding hydrogens is 330 g/mol. The van der Waals surface area contributed by atoms with Crippen LogP contribution in [-0.2, 0) is 16.6 Å². The van der Waals surface area contributed by atoms with E-state index in [1.165, 1.54) is 6.07 Å². The first-order valence-corrected chi connectivity index (χ1v) is 7.61. The molecule has 0 aliphatic carbocycles. The van der Waals surface area contributed by atoms with E-state index < -0.39 is 23.4 Å². The summed E-state index contributed by atoms with van der Waals surface area (Å²) in [4.78, 5) is 25.8. The number of rotatable bonds is 5. The van der Waals surface area contributed by atoms with Gasteiger partial charge in [0.25, 0.3) is 0 Å². The van der Waals surface area contributed by atoms with Crippen LogP contribution in [-0.4, -0.2) is 41.9 Å². The molecule has 0 saturated heterocycles. The average molecular weight is 350 g/mol. The molecule has 1 heterocycles. The topological polar surface area (TPSA) is 66.4 Å². The molecule has 0 aliphatic rings. The Labute approximate surface area is 144 Å². The largest absolute Gasteiger partial charge is 0.353 e. The number of anilines is 1. The molecule has 0 fully saturated rings. The van der Waals surface area contributed by atoms with Crippen LogP contribution in [0.4, 0.5) is 14.5 Å². The van der Waals surface area contributed by atoms with Gasteiger partial charge < -0.3 is 15.2 Å². The van der Waals surface area contributed by atoms with Crippen molar-refractivity contribution >= 4 is 17.5 Å². The van der Waals surface area contributed by atoms with E-state index in [-0.39, 0.29) is 18.3 Å². The van der Waals surface area contributed by atoms with Crippen molar-refractivity contribution in [3.8, 4) is 0 Å². The van der Waals surface area contributed by atoms with Crippen molar-refractivity contribution in [2.24, 2.45) is 7.05 Å². The number of nitrogens with zero attached hydrogens (tertiary/aromatic N) is 2. The summed E-state index contributed by atoms with van der Waals surface area (Å²) in [5.41, 5.74) is 0.983. The molecule has 0 aliphatic heterocycles. The van der Waals surface area contributed by atoms with Crippen molar-refractivity contribution in [2.75, 3.05) is 26.0 Å². The van der Waals surface area contributed by atoms with Gasteiger partial charge in [0.2, 0.25) is 0 Å². The van der Waals surface area contributed by atoms with Gasteiger partial charge in [0.15, 0.2) is 11.6 Å². The minimum Gasteiger partial charge on any atom is -0.353 e. The number of benzene rings is 1. The van der Waals surface area contributed by atoms with Crippen molar-refractivity contribution < 1.29 is 18.4 Å². The van der Waals surface area contributed by atoms with Crippen LogP contribution in [0.2, 0.25) is 0 Å². The third kappa shape index (κ3) is 4.63. The van der Waals surface area contributed by atoms with E-state index in [0.717, 1.165) is 17.8 Å². The highest BCUT2D eigenvalue weighted by molar-refractivity contribution is 6.39. The molecule has 0 unspecified atom stereocenters. The fourth-order valence-corrected chi connectivity index (χ4v) is 2.40. The molecule has 134 valence electrons. The standard InChI is InChI=1S/C17H20F2N4O2/c1-22(2)15(14-5-4-8-23(14)3)10-20-16(24)17(25)21-11-6-7-12(18)13(19)9-11/h4-9,15H,10H2,1-3H3,(H,20,24)(H,21,25)/t15-/m1/s1. The van der Waals surface area contributed by atoms with Crippen LogP contribution in [0.5, 0.6) is 0 Å². The predicted molar refractivity (Wildman–Crippen MR) is 89.8 cm³/mol. The van der Waals surface area contributed by atoms with Gasteiger partial charge in [0, 0.05) is 37.2 Å². The van der Waals surface area contributed by atoms with Crippen LogP contribution in [0.3, 0.4) is 0 Å². The Morgan fingerprint density at radius 2 is 1.88 bits per heavy atom. The molecule has 0 saturated carbocycles. The number of carbonyl (C=O) groups is 2. The van der Waals surface area contributed by atoms with Gasteiger partial charge in [-0.3, -0.25) is 14.5 Å². The first-order valence-electron chi connectivity index (χ1n) is 7.61. The summed E-state index contributed by atoms with van der Waals surface area (Å²) in [5.74, 6) is -3.94. The van der Waals surface area contributed by atoms with Crippen molar-refractivity contribution in [3.63, 3.8) is 0 Å². The molecule has 0 radical (unpaired) electrons. The molecular formula is C17H20F2N4O2. The summed E-state index contributed by atoms with van der Waals surface area (Å²) < 4.78 is 27.9. The number of nitrogens with one attached hydrogen (secondary N) is 2. The zero-order chi connectivity index (χ0) is 18.6. The Kier molecular flexibility index (Phi) is 5.87. The van der Waals surface area contributed by atoms with Crippen LogP contribution >= 0.6 is 0 Å². The lowest BCUT2D eigenvalue weighted by molar-refractivity contribution is -0.136. The molecule has 1 aromatic carbocycles. The number of halogens is 2. The third-order valence-corrected chi connectivity index (χ3v) is 3.79. The first-order chi connectivity index (χ1) is 11.8. The lowest BCUT2D eigenvalue weighted by Crippen LogP contribution is -2.40. The highest BCUT2D eigenvalue weighted by Gasteiger charge is 2.20. The summed E-state index contributed by atoms with van der Waals surface area (Å²) in [6, 6.07) is 6.56. The summed E-state index contributed by atoms with van der Waals surface area (Å²) in [6.07, 6.45) is 1.89. The van der Waals surface area contributed by atoms with Gasteiger partial charge in [0.05, 0.1) is 6.04 Å². The summed E-state index contributed by atoms with van der Waals surface area (Å²) in [6.45, 7) is 0.217. The Balaban J connectivity index is 1.97. The molecule has 6 nitrogen and oxygen atoms in total. The molecule has 0 spiro atoms. The fourth-order valence-electron chi connectivity index (χ4n) is 2.40. The second-order valence-corrected chi connectivity index (χ2v) is 5.82. The number of amides is 2. The lowest BCUT2D eigenvalue weighted by atomic mass is 10.2. The van der Waals surface area contributed by atoms with Crippen LogP contribution in [0, 0.1) is 11.6 Å². The Hall–Kier alpha value is -2.74. The summed E-state index contributed by atoms with van der Waals surface area (Å²) >= 11 is 0. The molecule has 8 heteroatoms. The highest BCUT2D eigenvalue weighted by atomic mass is 19.2. The summed E-state index contributed by atoms with van der Waals surface area (Å²) in [7, 11) is 5.62. The number of hydrogen-bond donors (Lipinski definition) is 2. The summed E-state index contributed by atoms with van der Waals surface area (Å²) in [5, 5.41) is 4.78. The SMILES string of the molecule is CN(C)[C@H](CNC(=O)C(=O)Nc1ccc(F)c(F)c1)c1cccn1C. The maximum atomic E-state index is 13.1. The van der Waals surface area contributed by atoms with E-state index in [1.54, 1.807) is 0 Å². The molecule has 25 heavy (non-hydrogen) atoms. The van der Waals surface area contributed by atoms with Gasteiger partial charge in [-0.2, -0.15) is 0 Å². The normalized spacial score (nSPS) is 12.1. The van der Waals surface area contributed by atoms with E-state index in [2.05, 4.69) is 10.6 Å². The Bertz CT molecular complexity index is 774. The quantitative estimate of drug-likeness (QED) is 0.806. The number of carbonyl (C=O) groups excluding carboxylic acids is 2. The molecule has 1 aromatic heterocycles.